The van der Waals surface area contributed by atoms with Gasteiger partial charge >= 0.3 is 6.18 Å². The van der Waals surface area contributed by atoms with Gasteiger partial charge in [0.05, 0.1) is 5.56 Å². The standard InChI is InChI=1S/C20H20F3N3O2/c1-13-9-15(10-16(12-24)19(28)25-7-4-8-27)14(2)26(13)18-6-3-5-17(11-18)20(21,22)23/h3,5-6,9-11,27H,4,7-8H2,1-2H3,(H,25,28)/b16-10-. The van der Waals surface area contributed by atoms with Gasteiger partial charge in [-0.1, -0.05) is 6.07 Å². The maximum atomic E-state index is 13.0. The Balaban J connectivity index is 2.41. The van der Waals surface area contributed by atoms with Crippen LogP contribution in [0.5, 0.6) is 0 Å². The molecule has 28 heavy (non-hydrogen) atoms. The number of aliphatic hydroxyl groups is 1. The van der Waals surface area contributed by atoms with E-state index < -0.39 is 17.6 Å². The van der Waals surface area contributed by atoms with Crippen molar-refractivity contribution in [3.8, 4) is 11.8 Å². The summed E-state index contributed by atoms with van der Waals surface area (Å²) in [5.41, 5.74) is 1.30. The zero-order valence-electron chi connectivity index (χ0n) is 15.5. The van der Waals surface area contributed by atoms with E-state index >= 15 is 0 Å². The maximum Gasteiger partial charge on any atom is 0.416 e. The molecule has 1 amide bonds. The lowest BCUT2D eigenvalue weighted by atomic mass is 10.1. The molecule has 0 unspecified atom stereocenters. The molecular weight excluding hydrogens is 371 g/mol. The van der Waals surface area contributed by atoms with Crippen molar-refractivity contribution >= 4 is 12.0 Å². The van der Waals surface area contributed by atoms with Gasteiger partial charge in [-0.25, -0.2) is 0 Å². The number of rotatable bonds is 6. The first-order valence-electron chi connectivity index (χ1n) is 8.56. The van der Waals surface area contributed by atoms with Gasteiger partial charge in [0.25, 0.3) is 5.91 Å². The average molecular weight is 391 g/mol. The Morgan fingerprint density at radius 1 is 1.32 bits per heavy atom. The fourth-order valence-corrected chi connectivity index (χ4v) is 2.83. The van der Waals surface area contributed by atoms with E-state index in [9.17, 15) is 23.2 Å². The molecule has 0 atom stereocenters. The van der Waals surface area contributed by atoms with Crippen molar-refractivity contribution in [1.82, 2.24) is 9.88 Å². The predicted octanol–water partition coefficient (Wildman–Crippen LogP) is 3.52. The summed E-state index contributed by atoms with van der Waals surface area (Å²) in [6.07, 6.45) is -2.68. The Bertz CT molecular complexity index is 937. The number of aryl methyl sites for hydroxylation is 1. The lowest BCUT2D eigenvalue weighted by Gasteiger charge is -2.13. The second-order valence-corrected chi connectivity index (χ2v) is 6.21. The Morgan fingerprint density at radius 3 is 2.64 bits per heavy atom. The van der Waals surface area contributed by atoms with Gasteiger partial charge < -0.3 is 15.0 Å². The smallest absolute Gasteiger partial charge is 0.396 e. The van der Waals surface area contributed by atoms with Crippen LogP contribution < -0.4 is 5.32 Å². The minimum Gasteiger partial charge on any atom is -0.396 e. The third-order valence-electron chi connectivity index (χ3n) is 4.19. The molecule has 0 saturated heterocycles. The van der Waals surface area contributed by atoms with Gasteiger partial charge in [-0.3, -0.25) is 4.79 Å². The fraction of sp³-hybridized carbons (Fsp3) is 0.300. The zero-order chi connectivity index (χ0) is 20.9. The van der Waals surface area contributed by atoms with Crippen molar-refractivity contribution < 1.29 is 23.1 Å². The minimum atomic E-state index is -4.45. The fourth-order valence-electron chi connectivity index (χ4n) is 2.83. The third-order valence-corrected chi connectivity index (χ3v) is 4.19. The highest BCUT2D eigenvalue weighted by molar-refractivity contribution is 6.01. The van der Waals surface area contributed by atoms with E-state index in [1.54, 1.807) is 30.5 Å². The number of amides is 1. The number of hydrogen-bond acceptors (Lipinski definition) is 3. The lowest BCUT2D eigenvalue weighted by Crippen LogP contribution is -2.26. The minimum absolute atomic E-state index is 0.0793. The molecule has 1 aromatic heterocycles. The summed E-state index contributed by atoms with van der Waals surface area (Å²) >= 11 is 0. The molecular formula is C20H20F3N3O2. The molecule has 0 aliphatic heterocycles. The Morgan fingerprint density at radius 2 is 2.04 bits per heavy atom. The summed E-state index contributed by atoms with van der Waals surface area (Å²) in [5, 5.41) is 20.5. The van der Waals surface area contributed by atoms with Crippen LogP contribution in [0.4, 0.5) is 13.2 Å². The number of aliphatic hydroxyl groups excluding tert-OH is 1. The molecule has 2 N–H and O–H groups in total. The average Bonchev–Trinajstić information content (AvgIpc) is 2.92. The highest BCUT2D eigenvalue weighted by atomic mass is 19.4. The van der Waals surface area contributed by atoms with Crippen LogP contribution in [0.3, 0.4) is 0 Å². The predicted molar refractivity (Wildman–Crippen MR) is 98.5 cm³/mol. The Hall–Kier alpha value is -3.05. The number of nitrogens with one attached hydrogen (secondary N) is 1. The van der Waals surface area contributed by atoms with Crippen molar-refractivity contribution in [1.29, 1.82) is 5.26 Å². The van der Waals surface area contributed by atoms with E-state index in [4.69, 9.17) is 5.11 Å². The molecule has 0 spiro atoms. The van der Waals surface area contributed by atoms with E-state index in [0.29, 0.717) is 29.1 Å². The molecule has 0 radical (unpaired) electrons. The van der Waals surface area contributed by atoms with Gasteiger partial charge in [0, 0.05) is 30.2 Å². The van der Waals surface area contributed by atoms with Gasteiger partial charge in [0.2, 0.25) is 0 Å². The first kappa shape index (κ1) is 21.3. The molecule has 0 fully saturated rings. The van der Waals surface area contributed by atoms with Crippen molar-refractivity contribution in [2.45, 2.75) is 26.4 Å². The molecule has 8 heteroatoms. The topological polar surface area (TPSA) is 78.1 Å². The largest absolute Gasteiger partial charge is 0.416 e. The van der Waals surface area contributed by atoms with E-state index in [1.165, 1.54) is 12.1 Å². The van der Waals surface area contributed by atoms with Gasteiger partial charge in [-0.05, 0) is 56.2 Å². The first-order chi connectivity index (χ1) is 13.2. The normalized spacial score (nSPS) is 12.0. The molecule has 5 nitrogen and oxygen atoms in total. The summed E-state index contributed by atoms with van der Waals surface area (Å²) in [7, 11) is 0. The van der Waals surface area contributed by atoms with Crippen LogP contribution in [0.2, 0.25) is 0 Å². The molecule has 0 aliphatic carbocycles. The van der Waals surface area contributed by atoms with Crippen LogP contribution in [-0.4, -0.2) is 28.7 Å². The number of halogens is 3. The number of hydrogen-bond donors (Lipinski definition) is 2. The monoisotopic (exact) mass is 391 g/mol. The van der Waals surface area contributed by atoms with Crippen molar-refractivity contribution in [2.75, 3.05) is 13.2 Å². The second-order valence-electron chi connectivity index (χ2n) is 6.21. The summed E-state index contributed by atoms with van der Waals surface area (Å²) in [6.45, 7) is 3.59. The molecule has 0 saturated carbocycles. The van der Waals surface area contributed by atoms with E-state index in [-0.39, 0.29) is 18.7 Å². The van der Waals surface area contributed by atoms with Crippen LogP contribution in [0, 0.1) is 25.2 Å². The van der Waals surface area contributed by atoms with Gasteiger partial charge in [0.15, 0.2) is 0 Å². The van der Waals surface area contributed by atoms with Crippen LogP contribution in [0.1, 0.15) is 28.9 Å². The van der Waals surface area contributed by atoms with E-state index in [0.717, 1.165) is 12.1 Å². The Kier molecular flexibility index (Phi) is 6.65. The number of nitrogens with zero attached hydrogens (tertiary/aromatic N) is 2. The van der Waals surface area contributed by atoms with E-state index in [1.807, 2.05) is 6.07 Å². The van der Waals surface area contributed by atoms with Crippen molar-refractivity contribution in [3.63, 3.8) is 0 Å². The SMILES string of the molecule is Cc1cc(/C=C(/C#N)C(=O)NCCCO)c(C)n1-c1cccc(C(F)(F)F)c1. The molecule has 148 valence electrons. The zero-order valence-corrected chi connectivity index (χ0v) is 15.5. The number of benzene rings is 1. The quantitative estimate of drug-likeness (QED) is 0.449. The van der Waals surface area contributed by atoms with E-state index in [2.05, 4.69) is 5.32 Å². The molecule has 1 heterocycles. The Labute approximate surface area is 160 Å². The van der Waals surface area contributed by atoms with Gasteiger partial charge in [0.1, 0.15) is 11.6 Å². The van der Waals surface area contributed by atoms with Crippen molar-refractivity contribution in [3.05, 3.63) is 58.4 Å². The van der Waals surface area contributed by atoms with Gasteiger partial charge in [-0.15, -0.1) is 0 Å². The summed E-state index contributed by atoms with van der Waals surface area (Å²) in [6, 6.07) is 8.49. The van der Waals surface area contributed by atoms with Crippen LogP contribution in [0.15, 0.2) is 35.9 Å². The third kappa shape index (κ3) is 4.81. The highest BCUT2D eigenvalue weighted by Gasteiger charge is 2.30. The molecule has 0 bridgehead atoms. The maximum absolute atomic E-state index is 13.0. The number of nitriles is 1. The molecule has 2 rings (SSSR count). The summed E-state index contributed by atoms with van der Waals surface area (Å²) in [5.74, 6) is -0.570. The summed E-state index contributed by atoms with van der Waals surface area (Å²) in [4.78, 5) is 12.1. The number of aromatic nitrogens is 1. The molecule has 0 aliphatic rings. The number of alkyl halides is 3. The highest BCUT2D eigenvalue weighted by Crippen LogP contribution is 2.31. The van der Waals surface area contributed by atoms with Crippen molar-refractivity contribution in [2.24, 2.45) is 0 Å². The summed E-state index contributed by atoms with van der Waals surface area (Å²) < 4.78 is 40.7. The lowest BCUT2D eigenvalue weighted by molar-refractivity contribution is -0.137. The first-order valence-corrected chi connectivity index (χ1v) is 8.56. The second kappa shape index (κ2) is 8.76. The van der Waals surface area contributed by atoms with Gasteiger partial charge in [-0.2, -0.15) is 18.4 Å². The number of carbonyl (C=O) groups excluding carboxylic acids is 1. The van der Waals surface area contributed by atoms with Crippen LogP contribution in [0.25, 0.3) is 11.8 Å². The van der Waals surface area contributed by atoms with Crippen LogP contribution >= 0.6 is 0 Å². The molecule has 2 aromatic rings. The van der Waals surface area contributed by atoms with Crippen LogP contribution in [-0.2, 0) is 11.0 Å². The molecule has 1 aromatic carbocycles. The number of carbonyl (C=O) groups is 1.